The van der Waals surface area contributed by atoms with Gasteiger partial charge in [-0.05, 0) is 55.7 Å². The van der Waals surface area contributed by atoms with Crippen LogP contribution < -0.4 is 15.4 Å². The second-order valence-corrected chi connectivity index (χ2v) is 7.44. The topological polar surface area (TPSA) is 72.7 Å². The molecule has 0 saturated carbocycles. The zero-order valence-electron chi connectivity index (χ0n) is 19.2. The number of aliphatic imine (C=N–C) groups is 1. The summed E-state index contributed by atoms with van der Waals surface area (Å²) >= 11 is 0. The number of guanidine groups is 1. The Labute approximate surface area is 190 Å². The maximum absolute atomic E-state index is 5.88. The molecule has 0 aliphatic heterocycles. The van der Waals surface area contributed by atoms with Crippen LogP contribution >= 0.6 is 0 Å². The second kappa shape index (κ2) is 12.5. The summed E-state index contributed by atoms with van der Waals surface area (Å²) in [5.74, 6) is 1.66. The molecule has 0 spiro atoms. The fourth-order valence-corrected chi connectivity index (χ4v) is 3.23. The lowest BCUT2D eigenvalue weighted by molar-refractivity contribution is 0.145. The first-order chi connectivity index (χ1) is 15.7. The van der Waals surface area contributed by atoms with Gasteiger partial charge in [-0.15, -0.1) is 0 Å². The first-order valence-electron chi connectivity index (χ1n) is 11.0. The van der Waals surface area contributed by atoms with Gasteiger partial charge >= 0.3 is 0 Å². The molecular weight excluding hydrogens is 402 g/mol. The van der Waals surface area contributed by atoms with Gasteiger partial charge in [0.05, 0.1) is 18.8 Å². The number of ether oxygens (including phenoxy) is 2. The van der Waals surface area contributed by atoms with Gasteiger partial charge in [-0.2, -0.15) is 5.10 Å². The quantitative estimate of drug-likeness (QED) is 0.274. The maximum Gasteiger partial charge on any atom is 0.191 e. The molecule has 0 unspecified atom stereocenters. The number of nitrogens with zero attached hydrogens (tertiary/aromatic N) is 3. The van der Waals surface area contributed by atoms with Crippen molar-refractivity contribution in [3.8, 4) is 11.4 Å². The fraction of sp³-hybridized carbons (Fsp3) is 0.360. The van der Waals surface area contributed by atoms with Crippen molar-refractivity contribution < 1.29 is 9.47 Å². The summed E-state index contributed by atoms with van der Waals surface area (Å²) in [6.07, 6.45) is 4.63. The van der Waals surface area contributed by atoms with Gasteiger partial charge in [-0.25, -0.2) is 9.67 Å². The lowest BCUT2D eigenvalue weighted by Gasteiger charge is -2.14. The number of rotatable bonds is 11. The number of nitrogens with one attached hydrogen (secondary N) is 2. The van der Waals surface area contributed by atoms with E-state index in [9.17, 15) is 0 Å². The minimum absolute atomic E-state index is 0.522. The summed E-state index contributed by atoms with van der Waals surface area (Å²) in [5, 5.41) is 11.0. The molecule has 7 heteroatoms. The van der Waals surface area contributed by atoms with Gasteiger partial charge in [0.25, 0.3) is 0 Å². The molecule has 2 N–H and O–H groups in total. The summed E-state index contributed by atoms with van der Waals surface area (Å²) in [4.78, 5) is 4.75. The van der Waals surface area contributed by atoms with E-state index in [0.29, 0.717) is 19.8 Å². The molecule has 3 rings (SSSR count). The highest BCUT2D eigenvalue weighted by molar-refractivity contribution is 5.79. The van der Waals surface area contributed by atoms with Gasteiger partial charge in [0, 0.05) is 38.2 Å². The Bertz CT molecular complexity index is 969. The van der Waals surface area contributed by atoms with Crippen molar-refractivity contribution in [3.63, 3.8) is 0 Å². The minimum atomic E-state index is 0.522. The zero-order valence-corrected chi connectivity index (χ0v) is 19.2. The largest absolute Gasteiger partial charge is 0.491 e. The molecule has 2 aromatic carbocycles. The molecule has 0 radical (unpaired) electrons. The van der Waals surface area contributed by atoms with E-state index >= 15 is 0 Å². The summed E-state index contributed by atoms with van der Waals surface area (Å²) in [5.41, 5.74) is 4.53. The van der Waals surface area contributed by atoms with Crippen LogP contribution in [0.4, 0.5) is 0 Å². The fourth-order valence-electron chi connectivity index (χ4n) is 3.23. The van der Waals surface area contributed by atoms with Crippen LogP contribution in [0.3, 0.4) is 0 Å². The average Bonchev–Trinajstić information content (AvgIpc) is 3.34. The molecule has 1 aromatic heterocycles. The van der Waals surface area contributed by atoms with Crippen LogP contribution in [0.2, 0.25) is 0 Å². The van der Waals surface area contributed by atoms with Crippen molar-refractivity contribution >= 4 is 5.96 Å². The van der Waals surface area contributed by atoms with E-state index in [0.717, 1.165) is 48.0 Å². The first kappa shape index (κ1) is 23.3. The van der Waals surface area contributed by atoms with Gasteiger partial charge in [-0.1, -0.05) is 24.3 Å². The molecule has 0 aliphatic rings. The van der Waals surface area contributed by atoms with E-state index in [1.165, 1.54) is 5.56 Å². The number of aryl methyl sites for hydroxylation is 1. The van der Waals surface area contributed by atoms with Gasteiger partial charge in [0.1, 0.15) is 12.4 Å². The summed E-state index contributed by atoms with van der Waals surface area (Å²) < 4.78 is 12.8. The van der Waals surface area contributed by atoms with Crippen LogP contribution in [0.5, 0.6) is 5.75 Å². The summed E-state index contributed by atoms with van der Waals surface area (Å²) in [6, 6.07) is 16.6. The highest BCUT2D eigenvalue weighted by Crippen LogP contribution is 2.21. The smallest absolute Gasteiger partial charge is 0.191 e. The molecule has 0 atom stereocenters. The number of methoxy groups -OCH3 is 1. The Balaban J connectivity index is 1.56. The van der Waals surface area contributed by atoms with Crippen LogP contribution in [0.1, 0.15) is 23.6 Å². The van der Waals surface area contributed by atoms with Crippen LogP contribution in [-0.2, 0) is 17.7 Å². The van der Waals surface area contributed by atoms with E-state index in [-0.39, 0.29) is 0 Å². The Kier molecular flexibility index (Phi) is 9.13. The van der Waals surface area contributed by atoms with Crippen molar-refractivity contribution in [1.29, 1.82) is 0 Å². The van der Waals surface area contributed by atoms with Crippen molar-refractivity contribution in [2.24, 2.45) is 4.99 Å². The van der Waals surface area contributed by atoms with E-state index < -0.39 is 0 Å². The predicted octanol–water partition coefficient (Wildman–Crippen LogP) is 3.50. The van der Waals surface area contributed by atoms with Crippen LogP contribution in [-0.4, -0.2) is 49.2 Å². The van der Waals surface area contributed by atoms with Crippen LogP contribution in [0, 0.1) is 6.92 Å². The van der Waals surface area contributed by atoms with Gasteiger partial charge in [0.15, 0.2) is 5.96 Å². The van der Waals surface area contributed by atoms with Gasteiger partial charge < -0.3 is 20.1 Å². The monoisotopic (exact) mass is 435 g/mol. The highest BCUT2D eigenvalue weighted by Gasteiger charge is 2.06. The number of aromatic nitrogens is 2. The molecule has 0 fully saturated rings. The molecule has 0 amide bonds. The van der Waals surface area contributed by atoms with Crippen molar-refractivity contribution in [2.45, 2.75) is 26.8 Å². The Morgan fingerprint density at radius 1 is 1.09 bits per heavy atom. The molecular formula is C25H33N5O2. The van der Waals surface area contributed by atoms with Crippen molar-refractivity contribution in [3.05, 3.63) is 77.6 Å². The van der Waals surface area contributed by atoms with Gasteiger partial charge in [-0.3, -0.25) is 0 Å². The van der Waals surface area contributed by atoms with E-state index in [2.05, 4.69) is 66.0 Å². The molecule has 0 saturated heterocycles. The van der Waals surface area contributed by atoms with E-state index in [1.54, 1.807) is 13.3 Å². The van der Waals surface area contributed by atoms with Crippen LogP contribution in [0.25, 0.3) is 5.69 Å². The van der Waals surface area contributed by atoms with Crippen molar-refractivity contribution in [1.82, 2.24) is 20.4 Å². The van der Waals surface area contributed by atoms with Crippen LogP contribution in [0.15, 0.2) is 65.9 Å². The predicted molar refractivity (Wildman–Crippen MR) is 129 cm³/mol. The third-order valence-corrected chi connectivity index (χ3v) is 4.93. The third-order valence-electron chi connectivity index (χ3n) is 4.93. The maximum atomic E-state index is 5.88. The normalized spacial score (nSPS) is 11.4. The van der Waals surface area contributed by atoms with E-state index in [4.69, 9.17) is 14.5 Å². The molecule has 7 nitrogen and oxygen atoms in total. The lowest BCUT2D eigenvalue weighted by Crippen LogP contribution is -2.38. The molecule has 0 bridgehead atoms. The molecule has 170 valence electrons. The third kappa shape index (κ3) is 7.13. The van der Waals surface area contributed by atoms with Gasteiger partial charge in [0.2, 0.25) is 0 Å². The van der Waals surface area contributed by atoms with Crippen molar-refractivity contribution in [2.75, 3.05) is 33.4 Å². The summed E-state index contributed by atoms with van der Waals surface area (Å²) in [7, 11) is 1.67. The standard InChI is InChI=1S/C25H33N5O2/c1-4-26-25(28-19-22-9-6-20(2)18-24(22)32-17-16-31-3)27-14-12-21-7-10-23(11-8-21)30-15-5-13-29-30/h5-11,13,15,18H,4,12,14,16-17,19H2,1-3H3,(H2,26,27,28). The Morgan fingerprint density at radius 3 is 2.66 bits per heavy atom. The number of hydrogen-bond donors (Lipinski definition) is 2. The minimum Gasteiger partial charge on any atom is -0.491 e. The lowest BCUT2D eigenvalue weighted by atomic mass is 10.1. The SMILES string of the molecule is CCNC(=NCc1ccc(C)cc1OCCOC)NCCc1ccc(-n2cccn2)cc1. The Hall–Kier alpha value is -3.32. The Morgan fingerprint density at radius 2 is 1.94 bits per heavy atom. The molecule has 1 heterocycles. The zero-order chi connectivity index (χ0) is 22.6. The highest BCUT2D eigenvalue weighted by atomic mass is 16.5. The molecule has 32 heavy (non-hydrogen) atoms. The first-order valence-corrected chi connectivity index (χ1v) is 11.0. The average molecular weight is 436 g/mol. The van der Waals surface area contributed by atoms with E-state index in [1.807, 2.05) is 23.0 Å². The molecule has 0 aliphatic carbocycles. The molecule has 3 aromatic rings. The summed E-state index contributed by atoms with van der Waals surface area (Å²) in [6.45, 7) is 7.34. The number of hydrogen-bond acceptors (Lipinski definition) is 4. The second-order valence-electron chi connectivity index (χ2n) is 7.44. The number of benzene rings is 2.